The van der Waals surface area contributed by atoms with Crippen molar-refractivity contribution in [1.82, 2.24) is 5.32 Å². The molecule has 0 aromatic heterocycles. The topological polar surface area (TPSA) is 73.9 Å². The Morgan fingerprint density at radius 3 is 3.00 bits per heavy atom. The zero-order valence-electron chi connectivity index (χ0n) is 9.05. The van der Waals surface area contributed by atoms with E-state index in [1.807, 2.05) is 0 Å². The summed E-state index contributed by atoms with van der Waals surface area (Å²) in [5.74, 6) is 0.542. The molecule has 0 aromatic rings. The molecule has 6 nitrogen and oxygen atoms in total. The summed E-state index contributed by atoms with van der Waals surface area (Å²) in [6.07, 6.45) is -0.542. The molecule has 0 unspecified atom stereocenters. The Morgan fingerprint density at radius 1 is 1.50 bits per heavy atom. The fraction of sp³-hybridized carbons (Fsp3) is 0.800. The molecule has 6 heteroatoms. The Morgan fingerprint density at radius 2 is 2.31 bits per heavy atom. The van der Waals surface area contributed by atoms with Crippen molar-refractivity contribution in [2.75, 3.05) is 19.8 Å². The average Bonchev–Trinajstić information content (AvgIpc) is 2.78. The van der Waals surface area contributed by atoms with Crippen LogP contribution in [0.15, 0.2) is 0 Å². The number of carbonyl (C=O) groups excluding carboxylic acids is 2. The van der Waals surface area contributed by atoms with Crippen LogP contribution in [0.25, 0.3) is 0 Å². The Bertz CT molecular complexity index is 284. The van der Waals surface area contributed by atoms with Gasteiger partial charge in [-0.25, -0.2) is 0 Å². The Hall–Kier alpha value is -1.14. The number of fused-ring (bicyclic) bond motifs is 1. The summed E-state index contributed by atoms with van der Waals surface area (Å²) >= 11 is 0. The molecule has 4 atom stereocenters. The lowest BCUT2D eigenvalue weighted by molar-refractivity contribution is -0.167. The third kappa shape index (κ3) is 1.58. The van der Waals surface area contributed by atoms with E-state index >= 15 is 0 Å². The second-order valence-corrected chi connectivity index (χ2v) is 4.28. The second kappa shape index (κ2) is 4.39. The van der Waals surface area contributed by atoms with Crippen molar-refractivity contribution in [2.24, 2.45) is 11.8 Å². The van der Waals surface area contributed by atoms with Crippen LogP contribution in [0.5, 0.6) is 0 Å². The number of nitrogens with one attached hydrogen (secondary N) is 1. The first-order valence-electron chi connectivity index (χ1n) is 5.26. The minimum absolute atomic E-state index is 0.108. The van der Waals surface area contributed by atoms with Crippen LogP contribution in [0, 0.1) is 11.8 Å². The zero-order valence-corrected chi connectivity index (χ0v) is 9.05. The van der Waals surface area contributed by atoms with Gasteiger partial charge >= 0.3 is 0 Å². The van der Waals surface area contributed by atoms with Gasteiger partial charge in [-0.15, -0.1) is 0 Å². The van der Waals surface area contributed by atoms with Crippen LogP contribution in [0.2, 0.25) is 0 Å². The quantitative estimate of drug-likeness (QED) is 0.627. The third-order valence-electron chi connectivity index (χ3n) is 3.47. The van der Waals surface area contributed by atoms with Crippen molar-refractivity contribution < 1.29 is 23.8 Å². The van der Waals surface area contributed by atoms with E-state index in [-0.39, 0.29) is 12.5 Å². The number of hydrogen-bond acceptors (Lipinski definition) is 6. The van der Waals surface area contributed by atoms with Crippen LogP contribution in [0.1, 0.15) is 6.92 Å². The van der Waals surface area contributed by atoms with Gasteiger partial charge < -0.3 is 14.2 Å². The Labute approximate surface area is 93.2 Å². The van der Waals surface area contributed by atoms with E-state index in [1.54, 1.807) is 0 Å². The summed E-state index contributed by atoms with van der Waals surface area (Å²) in [7, 11) is 0. The molecule has 0 aliphatic carbocycles. The maximum atomic E-state index is 10.4. The molecule has 16 heavy (non-hydrogen) atoms. The molecule has 0 bridgehead atoms. The van der Waals surface area contributed by atoms with Crippen molar-refractivity contribution >= 4 is 12.9 Å². The molecule has 0 radical (unpaired) electrons. The highest BCUT2D eigenvalue weighted by atomic mass is 16.6. The predicted molar refractivity (Wildman–Crippen MR) is 52.3 cm³/mol. The van der Waals surface area contributed by atoms with E-state index in [2.05, 4.69) is 12.2 Å². The number of hydrogen-bond donors (Lipinski definition) is 1. The van der Waals surface area contributed by atoms with Crippen LogP contribution in [0.3, 0.4) is 0 Å². The molecular weight excluding hydrogens is 214 g/mol. The molecule has 2 aliphatic heterocycles. The molecule has 0 spiro atoms. The van der Waals surface area contributed by atoms with Gasteiger partial charge in [-0.1, -0.05) is 6.92 Å². The highest BCUT2D eigenvalue weighted by Crippen LogP contribution is 2.42. The Balaban J connectivity index is 2.17. The molecule has 0 saturated carbocycles. The van der Waals surface area contributed by atoms with Crippen LogP contribution in [0.4, 0.5) is 0 Å². The first kappa shape index (κ1) is 11.3. The van der Waals surface area contributed by atoms with Gasteiger partial charge in [0.2, 0.25) is 0 Å². The summed E-state index contributed by atoms with van der Waals surface area (Å²) in [6, 6.07) is 0. The first-order valence-corrected chi connectivity index (χ1v) is 5.26. The molecule has 2 aliphatic rings. The van der Waals surface area contributed by atoms with Crippen molar-refractivity contribution in [3.05, 3.63) is 0 Å². The SMILES string of the molecule is C[C@@H]1CO[C@]2(COC=O)[C@@H](OC=O)NC[C@@H]12. The summed E-state index contributed by atoms with van der Waals surface area (Å²) in [5, 5.41) is 3.07. The molecule has 1 N–H and O–H groups in total. The molecule has 0 amide bonds. The molecule has 2 fully saturated rings. The van der Waals surface area contributed by atoms with E-state index in [0.717, 1.165) is 0 Å². The van der Waals surface area contributed by atoms with Gasteiger partial charge in [0.15, 0.2) is 11.8 Å². The lowest BCUT2D eigenvalue weighted by Crippen LogP contribution is -2.50. The summed E-state index contributed by atoms with van der Waals surface area (Å²) in [5.41, 5.74) is -0.721. The molecule has 2 heterocycles. The van der Waals surface area contributed by atoms with Gasteiger partial charge in [-0.2, -0.15) is 0 Å². The molecular formula is C10H15NO5. The lowest BCUT2D eigenvalue weighted by Gasteiger charge is -2.31. The van der Waals surface area contributed by atoms with Crippen LogP contribution in [-0.2, 0) is 23.8 Å². The molecule has 2 rings (SSSR count). The number of rotatable bonds is 5. The lowest BCUT2D eigenvalue weighted by atomic mass is 9.84. The summed E-state index contributed by atoms with van der Waals surface area (Å²) in [6.45, 7) is 4.23. The predicted octanol–water partition coefficient (Wildman–Crippen LogP) is -0.717. The molecule has 0 aromatic carbocycles. The Kier molecular flexibility index (Phi) is 3.11. The minimum Gasteiger partial charge on any atom is -0.465 e. The van der Waals surface area contributed by atoms with Gasteiger partial charge in [-0.3, -0.25) is 14.9 Å². The number of carbonyl (C=O) groups is 2. The zero-order chi connectivity index (χ0) is 11.6. The van der Waals surface area contributed by atoms with Gasteiger partial charge in [-0.05, 0) is 5.92 Å². The van der Waals surface area contributed by atoms with Gasteiger partial charge in [0.25, 0.3) is 12.9 Å². The average molecular weight is 229 g/mol. The number of ether oxygens (including phenoxy) is 3. The van der Waals surface area contributed by atoms with Crippen LogP contribution < -0.4 is 5.32 Å². The third-order valence-corrected chi connectivity index (χ3v) is 3.47. The monoisotopic (exact) mass is 229 g/mol. The van der Waals surface area contributed by atoms with E-state index < -0.39 is 11.8 Å². The smallest absolute Gasteiger partial charge is 0.294 e. The van der Waals surface area contributed by atoms with E-state index in [1.165, 1.54) is 0 Å². The fourth-order valence-electron chi connectivity index (χ4n) is 2.65. The summed E-state index contributed by atoms with van der Waals surface area (Å²) in [4.78, 5) is 20.7. The van der Waals surface area contributed by atoms with Crippen molar-refractivity contribution in [3.8, 4) is 0 Å². The standard InChI is InChI=1S/C10H15NO5/c1-7-3-16-10(4-14-5-12)8(7)2-11-9(10)15-6-13/h5-9,11H,2-4H2,1H3/t7-,8+,9-,10+/m1/s1. The highest BCUT2D eigenvalue weighted by Gasteiger charge is 2.59. The second-order valence-electron chi connectivity index (χ2n) is 4.28. The largest absolute Gasteiger partial charge is 0.465 e. The van der Waals surface area contributed by atoms with E-state index in [9.17, 15) is 9.59 Å². The van der Waals surface area contributed by atoms with Gasteiger partial charge in [0.1, 0.15) is 6.61 Å². The maximum absolute atomic E-state index is 10.4. The maximum Gasteiger partial charge on any atom is 0.294 e. The van der Waals surface area contributed by atoms with Gasteiger partial charge in [0.05, 0.1) is 6.61 Å². The van der Waals surface area contributed by atoms with Crippen molar-refractivity contribution in [1.29, 1.82) is 0 Å². The van der Waals surface area contributed by atoms with Crippen molar-refractivity contribution in [2.45, 2.75) is 18.8 Å². The fourth-order valence-corrected chi connectivity index (χ4v) is 2.65. The normalized spacial score (nSPS) is 41.4. The first-order chi connectivity index (χ1) is 7.74. The minimum atomic E-state index is -0.721. The van der Waals surface area contributed by atoms with Crippen LogP contribution in [-0.4, -0.2) is 44.5 Å². The molecule has 90 valence electrons. The van der Waals surface area contributed by atoms with E-state index in [4.69, 9.17) is 14.2 Å². The van der Waals surface area contributed by atoms with Gasteiger partial charge in [0, 0.05) is 12.5 Å². The summed E-state index contributed by atoms with van der Waals surface area (Å²) < 4.78 is 15.5. The van der Waals surface area contributed by atoms with E-state index in [0.29, 0.717) is 32.0 Å². The van der Waals surface area contributed by atoms with Crippen LogP contribution >= 0.6 is 0 Å². The molecule has 2 saturated heterocycles. The highest BCUT2D eigenvalue weighted by molar-refractivity contribution is 5.39. The van der Waals surface area contributed by atoms with Crippen molar-refractivity contribution in [3.63, 3.8) is 0 Å².